The number of anilines is 1. The van der Waals surface area contributed by atoms with E-state index < -0.39 is 5.91 Å². The molecule has 3 N–H and O–H groups in total. The topological polar surface area (TPSA) is 100 Å². The van der Waals surface area contributed by atoms with Gasteiger partial charge < -0.3 is 15.2 Å². The van der Waals surface area contributed by atoms with Crippen LogP contribution < -0.4 is 14.8 Å². The first-order valence-corrected chi connectivity index (χ1v) is 11.4. The van der Waals surface area contributed by atoms with Crippen molar-refractivity contribution in [1.82, 2.24) is 9.78 Å². The lowest BCUT2D eigenvalue weighted by Crippen LogP contribution is -2.43. The van der Waals surface area contributed by atoms with Gasteiger partial charge in [-0.15, -0.1) is 0 Å². The third-order valence-electron chi connectivity index (χ3n) is 6.43. The number of amides is 1. The standard InChI is InChI=1S/C24H28N4O4/c1-2-32-23-13-19-16(14-27(26-19)17-8-10-18(29)11-9-17)12-20(23)25-24(30)22-5-3-4-21(28(22)31)15-6-7-15/h3-5,12-15,17-18,29H,2,6-11H2,1H3,(H-,25,30,31)/p+1. The van der Waals surface area contributed by atoms with E-state index in [0.29, 0.717) is 24.0 Å². The van der Waals surface area contributed by atoms with E-state index in [2.05, 4.69) is 5.32 Å². The molecule has 5 rings (SSSR count). The predicted molar refractivity (Wildman–Crippen MR) is 118 cm³/mol. The van der Waals surface area contributed by atoms with Crippen LogP contribution in [-0.4, -0.2) is 38.7 Å². The Morgan fingerprint density at radius 2 is 2.00 bits per heavy atom. The number of aliphatic hydroxyl groups excluding tert-OH is 1. The van der Waals surface area contributed by atoms with Crippen LogP contribution in [0.4, 0.5) is 5.69 Å². The minimum Gasteiger partial charge on any atom is -0.492 e. The molecule has 1 amide bonds. The van der Waals surface area contributed by atoms with E-state index in [9.17, 15) is 15.1 Å². The molecule has 2 saturated carbocycles. The summed E-state index contributed by atoms with van der Waals surface area (Å²) >= 11 is 0. The zero-order chi connectivity index (χ0) is 22.2. The first-order valence-electron chi connectivity index (χ1n) is 11.4. The van der Waals surface area contributed by atoms with E-state index in [1.807, 2.05) is 36.0 Å². The predicted octanol–water partition coefficient (Wildman–Crippen LogP) is 3.57. The SMILES string of the molecule is CCOc1cc2nn(C3CCC(O)CC3)cc2cc1NC(=O)c1cccc(C2CC2)[n+]1O. The maximum absolute atomic E-state index is 13.0. The highest BCUT2D eigenvalue weighted by molar-refractivity contribution is 6.04. The van der Waals surface area contributed by atoms with Crippen molar-refractivity contribution in [2.45, 2.75) is 63.5 Å². The van der Waals surface area contributed by atoms with Crippen molar-refractivity contribution in [3.05, 3.63) is 47.9 Å². The van der Waals surface area contributed by atoms with Crippen LogP contribution in [0.1, 0.15) is 73.6 Å². The Kier molecular flexibility index (Phi) is 5.46. The maximum atomic E-state index is 13.0. The van der Waals surface area contributed by atoms with Gasteiger partial charge in [0.05, 0.1) is 30.0 Å². The number of nitrogens with zero attached hydrogens (tertiary/aromatic N) is 3. The van der Waals surface area contributed by atoms with Gasteiger partial charge >= 0.3 is 11.6 Å². The van der Waals surface area contributed by atoms with Crippen molar-refractivity contribution in [2.24, 2.45) is 0 Å². The summed E-state index contributed by atoms with van der Waals surface area (Å²) in [4.78, 5) is 13.0. The summed E-state index contributed by atoms with van der Waals surface area (Å²) in [5, 5.41) is 28.9. The Balaban J connectivity index is 1.44. The summed E-state index contributed by atoms with van der Waals surface area (Å²) in [6, 6.07) is 9.23. The van der Waals surface area contributed by atoms with Crippen molar-refractivity contribution in [3.63, 3.8) is 0 Å². The number of aliphatic hydroxyl groups is 1. The van der Waals surface area contributed by atoms with Crippen molar-refractivity contribution in [2.75, 3.05) is 11.9 Å². The highest BCUT2D eigenvalue weighted by Crippen LogP contribution is 2.38. The summed E-state index contributed by atoms with van der Waals surface area (Å²) in [6.07, 6.45) is 7.19. The van der Waals surface area contributed by atoms with Crippen LogP contribution in [0.3, 0.4) is 0 Å². The number of carbonyl (C=O) groups is 1. The van der Waals surface area contributed by atoms with Crippen molar-refractivity contribution < 1.29 is 24.6 Å². The molecular weight excluding hydrogens is 408 g/mol. The van der Waals surface area contributed by atoms with E-state index >= 15 is 0 Å². The summed E-state index contributed by atoms with van der Waals surface area (Å²) < 4.78 is 8.76. The summed E-state index contributed by atoms with van der Waals surface area (Å²) in [5.41, 5.74) is 2.29. The fourth-order valence-electron chi connectivity index (χ4n) is 4.52. The number of rotatable bonds is 6. The average molecular weight is 438 g/mol. The Bertz CT molecular complexity index is 1150. The van der Waals surface area contributed by atoms with Gasteiger partial charge in [0.1, 0.15) is 5.75 Å². The second-order valence-corrected chi connectivity index (χ2v) is 8.79. The van der Waals surface area contributed by atoms with E-state index in [0.717, 1.165) is 59.9 Å². The Morgan fingerprint density at radius 3 is 2.72 bits per heavy atom. The highest BCUT2D eigenvalue weighted by atomic mass is 16.5. The van der Waals surface area contributed by atoms with Gasteiger partial charge in [-0.25, -0.2) is 0 Å². The summed E-state index contributed by atoms with van der Waals surface area (Å²) in [6.45, 7) is 2.34. The lowest BCUT2D eigenvalue weighted by Gasteiger charge is -2.25. The van der Waals surface area contributed by atoms with Gasteiger partial charge in [-0.3, -0.25) is 14.7 Å². The number of aromatic nitrogens is 3. The lowest BCUT2D eigenvalue weighted by atomic mass is 9.93. The number of ether oxygens (including phenoxy) is 1. The number of nitrogens with one attached hydrogen (secondary N) is 1. The molecule has 0 bridgehead atoms. The van der Waals surface area contributed by atoms with Crippen molar-refractivity contribution >= 4 is 22.5 Å². The molecule has 168 valence electrons. The molecule has 0 atom stereocenters. The van der Waals surface area contributed by atoms with E-state index in [1.54, 1.807) is 12.1 Å². The van der Waals surface area contributed by atoms with Gasteiger partial charge in [0.2, 0.25) is 5.69 Å². The number of hydrogen-bond acceptors (Lipinski definition) is 5. The van der Waals surface area contributed by atoms with Gasteiger partial charge in [0.25, 0.3) is 0 Å². The van der Waals surface area contributed by atoms with Gasteiger partial charge in [-0.05, 0) is 57.6 Å². The van der Waals surface area contributed by atoms with Crippen molar-refractivity contribution in [3.8, 4) is 5.75 Å². The highest BCUT2D eigenvalue weighted by Gasteiger charge is 2.35. The van der Waals surface area contributed by atoms with Crippen LogP contribution in [-0.2, 0) is 0 Å². The van der Waals surface area contributed by atoms with Crippen LogP contribution in [0.25, 0.3) is 10.9 Å². The van der Waals surface area contributed by atoms with Gasteiger partial charge in [-0.1, -0.05) is 0 Å². The quantitative estimate of drug-likeness (QED) is 0.404. The molecule has 2 fully saturated rings. The molecule has 1 aromatic carbocycles. The summed E-state index contributed by atoms with van der Waals surface area (Å²) in [5.74, 6) is 0.458. The van der Waals surface area contributed by atoms with Crippen LogP contribution in [0.5, 0.6) is 5.75 Å². The smallest absolute Gasteiger partial charge is 0.325 e. The first kappa shape index (κ1) is 20.8. The number of carbonyl (C=O) groups excluding carboxylic acids is 1. The Labute approximate surface area is 186 Å². The second-order valence-electron chi connectivity index (χ2n) is 8.79. The number of benzene rings is 1. The first-order chi connectivity index (χ1) is 15.5. The van der Waals surface area contributed by atoms with Gasteiger partial charge in [0.15, 0.2) is 0 Å². The molecule has 3 aromatic rings. The molecule has 2 aliphatic carbocycles. The summed E-state index contributed by atoms with van der Waals surface area (Å²) in [7, 11) is 0. The van der Waals surface area contributed by atoms with Crippen LogP contribution in [0, 0.1) is 0 Å². The van der Waals surface area contributed by atoms with Crippen LogP contribution in [0.15, 0.2) is 36.5 Å². The van der Waals surface area contributed by atoms with Crippen molar-refractivity contribution in [1.29, 1.82) is 0 Å². The zero-order valence-electron chi connectivity index (χ0n) is 18.2. The molecule has 2 aromatic heterocycles. The molecule has 0 spiro atoms. The number of pyridine rings is 1. The number of fused-ring (bicyclic) bond motifs is 1. The third-order valence-corrected chi connectivity index (χ3v) is 6.43. The van der Waals surface area contributed by atoms with Crippen LogP contribution in [0.2, 0.25) is 0 Å². The molecule has 2 heterocycles. The number of hydrogen-bond donors (Lipinski definition) is 3. The Morgan fingerprint density at radius 1 is 1.22 bits per heavy atom. The minimum absolute atomic E-state index is 0.188. The average Bonchev–Trinajstić information content (AvgIpc) is 3.54. The molecule has 2 aliphatic rings. The fourth-order valence-corrected chi connectivity index (χ4v) is 4.52. The molecule has 0 unspecified atom stereocenters. The van der Waals surface area contributed by atoms with Crippen LogP contribution >= 0.6 is 0 Å². The molecular formula is C24H29N4O4+. The fraction of sp³-hybridized carbons (Fsp3) is 0.458. The monoisotopic (exact) mass is 437 g/mol. The molecule has 0 radical (unpaired) electrons. The van der Waals surface area contributed by atoms with E-state index in [1.165, 1.54) is 0 Å². The van der Waals surface area contributed by atoms with Gasteiger partial charge in [-0.2, -0.15) is 5.10 Å². The van der Waals surface area contributed by atoms with E-state index in [4.69, 9.17) is 9.84 Å². The third kappa shape index (κ3) is 4.02. The molecule has 0 aliphatic heterocycles. The lowest BCUT2D eigenvalue weighted by molar-refractivity contribution is -0.910. The van der Waals surface area contributed by atoms with E-state index in [-0.39, 0.29) is 17.8 Å². The molecule has 0 saturated heterocycles. The second kappa shape index (κ2) is 8.43. The van der Waals surface area contributed by atoms with Gasteiger partial charge in [0, 0.05) is 40.4 Å². The molecule has 8 heteroatoms. The maximum Gasteiger partial charge on any atom is 0.325 e. The molecule has 32 heavy (non-hydrogen) atoms. The minimum atomic E-state index is -0.399. The molecule has 8 nitrogen and oxygen atoms in total. The zero-order valence-corrected chi connectivity index (χ0v) is 18.2. The normalized spacial score (nSPS) is 20.9. The Hall–Kier alpha value is -3.13. The largest absolute Gasteiger partial charge is 0.492 e.